The third-order valence-electron chi connectivity index (χ3n) is 3.37. The van der Waals surface area contributed by atoms with Crippen molar-refractivity contribution in [2.75, 3.05) is 20.7 Å². The minimum atomic E-state index is -0.644. The van der Waals surface area contributed by atoms with Gasteiger partial charge in [-0.3, -0.25) is 0 Å². The number of benzene rings is 1. The number of hydrogen-bond donors (Lipinski definition) is 3. The number of aliphatic hydroxyl groups is 1. The molecule has 0 bridgehead atoms. The van der Waals surface area contributed by atoms with E-state index in [0.717, 1.165) is 11.3 Å². The highest BCUT2D eigenvalue weighted by Gasteiger charge is 2.24. The average molecular weight is 266 g/mol. The summed E-state index contributed by atoms with van der Waals surface area (Å²) in [6.07, 6.45) is -0.644. The Morgan fingerprint density at radius 2 is 2.00 bits per heavy atom. The first-order valence-electron chi connectivity index (χ1n) is 6.59. The third kappa shape index (κ3) is 3.69. The molecule has 4 nitrogen and oxygen atoms in total. The van der Waals surface area contributed by atoms with Gasteiger partial charge in [-0.2, -0.15) is 0 Å². The predicted molar refractivity (Wildman–Crippen MR) is 78.6 cm³/mol. The Balaban J connectivity index is 3.29. The van der Waals surface area contributed by atoms with Crippen molar-refractivity contribution in [2.24, 2.45) is 5.73 Å². The minimum Gasteiger partial charge on any atom is -0.496 e. The van der Waals surface area contributed by atoms with Gasteiger partial charge in [-0.05, 0) is 30.2 Å². The van der Waals surface area contributed by atoms with Gasteiger partial charge in [0.2, 0.25) is 0 Å². The fraction of sp³-hybridized carbons (Fsp3) is 0.600. The van der Waals surface area contributed by atoms with Gasteiger partial charge in [0.05, 0.1) is 19.3 Å². The van der Waals surface area contributed by atoms with Crippen molar-refractivity contribution in [1.29, 1.82) is 0 Å². The fourth-order valence-electron chi connectivity index (χ4n) is 2.14. The van der Waals surface area contributed by atoms with E-state index in [1.165, 1.54) is 5.56 Å². The molecule has 4 heteroatoms. The summed E-state index contributed by atoms with van der Waals surface area (Å²) in [6.45, 7) is 6.68. The number of ether oxygens (including phenoxy) is 1. The van der Waals surface area contributed by atoms with Crippen molar-refractivity contribution < 1.29 is 9.84 Å². The second-order valence-corrected chi connectivity index (χ2v) is 5.78. The van der Waals surface area contributed by atoms with Crippen LogP contribution in [0, 0.1) is 0 Å². The number of nitrogens with one attached hydrogen (secondary N) is 1. The molecule has 0 aliphatic carbocycles. The summed E-state index contributed by atoms with van der Waals surface area (Å²) in [5, 5.41) is 13.2. The largest absolute Gasteiger partial charge is 0.496 e. The number of hydrogen-bond acceptors (Lipinski definition) is 4. The van der Waals surface area contributed by atoms with Crippen LogP contribution in [0.4, 0.5) is 0 Å². The molecular weight excluding hydrogens is 240 g/mol. The van der Waals surface area contributed by atoms with E-state index in [0.29, 0.717) is 0 Å². The first-order chi connectivity index (χ1) is 8.85. The van der Waals surface area contributed by atoms with Gasteiger partial charge in [0.25, 0.3) is 0 Å². The van der Waals surface area contributed by atoms with Crippen molar-refractivity contribution >= 4 is 0 Å². The monoisotopic (exact) mass is 266 g/mol. The third-order valence-corrected chi connectivity index (χ3v) is 3.37. The van der Waals surface area contributed by atoms with Crippen molar-refractivity contribution in [3.63, 3.8) is 0 Å². The van der Waals surface area contributed by atoms with E-state index in [-0.39, 0.29) is 18.0 Å². The Morgan fingerprint density at radius 3 is 2.42 bits per heavy atom. The molecule has 1 aromatic rings. The van der Waals surface area contributed by atoms with Gasteiger partial charge in [0, 0.05) is 12.1 Å². The maximum atomic E-state index is 10.0. The van der Waals surface area contributed by atoms with Gasteiger partial charge in [-0.1, -0.05) is 26.8 Å². The average Bonchev–Trinajstić information content (AvgIpc) is 2.38. The maximum Gasteiger partial charge on any atom is 0.123 e. The molecule has 19 heavy (non-hydrogen) atoms. The lowest BCUT2D eigenvalue weighted by Gasteiger charge is -2.27. The summed E-state index contributed by atoms with van der Waals surface area (Å²) in [4.78, 5) is 0. The zero-order valence-electron chi connectivity index (χ0n) is 12.5. The van der Waals surface area contributed by atoms with Crippen molar-refractivity contribution in [3.8, 4) is 5.75 Å². The summed E-state index contributed by atoms with van der Waals surface area (Å²) in [5.74, 6) is 0.764. The molecule has 0 radical (unpaired) electrons. The Labute approximate surface area is 116 Å². The molecule has 0 saturated heterocycles. The van der Waals surface area contributed by atoms with Gasteiger partial charge in [-0.25, -0.2) is 0 Å². The van der Waals surface area contributed by atoms with E-state index in [1.54, 1.807) is 7.11 Å². The predicted octanol–water partition coefficient (Wildman–Crippen LogP) is 1.57. The van der Waals surface area contributed by atoms with E-state index >= 15 is 0 Å². The molecule has 0 saturated carbocycles. The Bertz CT molecular complexity index is 413. The van der Waals surface area contributed by atoms with Crippen LogP contribution >= 0.6 is 0 Å². The Hall–Kier alpha value is -1.10. The number of nitrogens with two attached hydrogens (primary N) is 1. The zero-order valence-corrected chi connectivity index (χ0v) is 12.5. The summed E-state index contributed by atoms with van der Waals surface area (Å²) >= 11 is 0. The molecule has 0 amide bonds. The molecule has 0 aromatic heterocycles. The number of aliphatic hydroxyl groups excluding tert-OH is 1. The SMILES string of the molecule is CNC(c1cc(C(C)(C)C)ccc1OC)C(O)CN. The summed E-state index contributed by atoms with van der Waals surface area (Å²) in [6, 6.07) is 5.86. The quantitative estimate of drug-likeness (QED) is 0.757. The lowest BCUT2D eigenvalue weighted by molar-refractivity contribution is 0.137. The molecule has 1 rings (SSSR count). The lowest BCUT2D eigenvalue weighted by Crippen LogP contribution is -2.35. The zero-order chi connectivity index (χ0) is 14.6. The maximum absolute atomic E-state index is 10.0. The van der Waals surface area contributed by atoms with Crippen molar-refractivity contribution in [3.05, 3.63) is 29.3 Å². The van der Waals surface area contributed by atoms with E-state index in [1.807, 2.05) is 13.1 Å². The number of methoxy groups -OCH3 is 1. The Morgan fingerprint density at radius 1 is 1.37 bits per heavy atom. The topological polar surface area (TPSA) is 67.5 Å². The molecule has 0 spiro atoms. The summed E-state index contributed by atoms with van der Waals surface area (Å²) < 4.78 is 5.40. The number of likely N-dealkylation sites (N-methyl/N-ethyl adjacent to an activating group) is 1. The molecule has 0 heterocycles. The molecule has 0 fully saturated rings. The van der Waals surface area contributed by atoms with E-state index in [2.05, 4.69) is 38.2 Å². The highest BCUT2D eigenvalue weighted by Crippen LogP contribution is 2.32. The molecule has 4 N–H and O–H groups in total. The van der Waals surface area contributed by atoms with Crippen LogP contribution in [0.15, 0.2) is 18.2 Å². The van der Waals surface area contributed by atoms with Gasteiger partial charge >= 0.3 is 0 Å². The molecule has 2 unspecified atom stereocenters. The first kappa shape index (κ1) is 16.0. The highest BCUT2D eigenvalue weighted by atomic mass is 16.5. The van der Waals surface area contributed by atoms with Crippen LogP contribution in [-0.2, 0) is 5.41 Å². The van der Waals surface area contributed by atoms with E-state index in [4.69, 9.17) is 10.5 Å². The molecule has 0 aliphatic rings. The number of rotatable bonds is 5. The standard InChI is InChI=1S/C15H26N2O2/c1-15(2,3)10-6-7-13(19-5)11(8-10)14(17-4)12(18)9-16/h6-8,12,14,17-18H,9,16H2,1-5H3. The highest BCUT2D eigenvalue weighted by molar-refractivity contribution is 5.42. The second-order valence-electron chi connectivity index (χ2n) is 5.78. The lowest BCUT2D eigenvalue weighted by atomic mass is 9.84. The van der Waals surface area contributed by atoms with Crippen molar-refractivity contribution in [2.45, 2.75) is 38.3 Å². The van der Waals surface area contributed by atoms with Crippen LogP contribution in [0.1, 0.15) is 37.9 Å². The normalized spacial score (nSPS) is 15.1. The summed E-state index contributed by atoms with van der Waals surface area (Å²) in [5.41, 5.74) is 7.76. The van der Waals surface area contributed by atoms with Gasteiger partial charge in [0.1, 0.15) is 5.75 Å². The molecule has 108 valence electrons. The van der Waals surface area contributed by atoms with Crippen LogP contribution in [0.3, 0.4) is 0 Å². The van der Waals surface area contributed by atoms with Crippen LogP contribution in [-0.4, -0.2) is 31.9 Å². The van der Waals surface area contributed by atoms with Crippen molar-refractivity contribution in [1.82, 2.24) is 5.32 Å². The molecular formula is C15H26N2O2. The first-order valence-corrected chi connectivity index (χ1v) is 6.59. The van der Waals surface area contributed by atoms with Gasteiger partial charge in [-0.15, -0.1) is 0 Å². The van der Waals surface area contributed by atoms with Crippen LogP contribution in [0.2, 0.25) is 0 Å². The molecule has 0 aliphatic heterocycles. The minimum absolute atomic E-state index is 0.0486. The molecule has 1 aromatic carbocycles. The van der Waals surface area contributed by atoms with Gasteiger partial charge < -0.3 is 20.9 Å². The summed E-state index contributed by atoms with van der Waals surface area (Å²) in [7, 11) is 3.45. The molecule has 2 atom stereocenters. The van der Waals surface area contributed by atoms with E-state index < -0.39 is 6.10 Å². The van der Waals surface area contributed by atoms with Crippen LogP contribution in [0.5, 0.6) is 5.75 Å². The Kier molecular flexibility index (Phi) is 5.35. The van der Waals surface area contributed by atoms with Crippen LogP contribution in [0.25, 0.3) is 0 Å². The van der Waals surface area contributed by atoms with E-state index in [9.17, 15) is 5.11 Å². The fourth-order valence-corrected chi connectivity index (χ4v) is 2.14. The van der Waals surface area contributed by atoms with Crippen LogP contribution < -0.4 is 15.8 Å². The second kappa shape index (κ2) is 6.37. The van der Waals surface area contributed by atoms with Gasteiger partial charge in [0.15, 0.2) is 0 Å². The smallest absolute Gasteiger partial charge is 0.123 e.